The summed E-state index contributed by atoms with van der Waals surface area (Å²) in [7, 11) is 0.940. The maximum Gasteiger partial charge on any atom is 0.451 e. The van der Waals surface area contributed by atoms with E-state index in [1.54, 1.807) is 12.1 Å². The minimum Gasteiger partial charge on any atom is -0.353 e. The Balaban J connectivity index is 1.59. The number of fused-ring (bicyclic) bond motifs is 1. The SMILES string of the molecule is Cn1c(C(F)(F)F)nn(CCNC(=O)CN2C(=O)c3ccccc3C2=O)c1=O. The van der Waals surface area contributed by atoms with Crippen molar-refractivity contribution >= 4 is 17.7 Å². The van der Waals surface area contributed by atoms with Crippen LogP contribution in [0.1, 0.15) is 26.5 Å². The van der Waals surface area contributed by atoms with Gasteiger partial charge in [0.2, 0.25) is 11.7 Å². The van der Waals surface area contributed by atoms with E-state index in [0.717, 1.165) is 11.9 Å². The molecule has 0 fully saturated rings. The second-order valence-corrected chi connectivity index (χ2v) is 5.98. The first-order valence-electron chi connectivity index (χ1n) is 8.04. The molecule has 12 heteroatoms. The number of rotatable bonds is 5. The first kappa shape index (κ1) is 19.3. The summed E-state index contributed by atoms with van der Waals surface area (Å²) in [5.74, 6) is -3.26. The predicted octanol–water partition coefficient (Wildman–Crippen LogP) is 0.0130. The summed E-state index contributed by atoms with van der Waals surface area (Å²) in [6, 6.07) is 6.12. The lowest BCUT2D eigenvalue weighted by Crippen LogP contribution is -2.41. The molecule has 148 valence electrons. The molecular weight excluding hydrogens is 383 g/mol. The summed E-state index contributed by atoms with van der Waals surface area (Å²) in [5.41, 5.74) is -0.595. The monoisotopic (exact) mass is 397 g/mol. The Hall–Kier alpha value is -3.44. The summed E-state index contributed by atoms with van der Waals surface area (Å²) in [6.45, 7) is -1.07. The smallest absolute Gasteiger partial charge is 0.353 e. The Labute approximate surface area is 155 Å². The van der Waals surface area contributed by atoms with E-state index in [0.29, 0.717) is 9.25 Å². The predicted molar refractivity (Wildman–Crippen MR) is 87.3 cm³/mol. The third kappa shape index (κ3) is 3.40. The van der Waals surface area contributed by atoms with Gasteiger partial charge in [0.25, 0.3) is 11.8 Å². The van der Waals surface area contributed by atoms with Crippen molar-refractivity contribution in [3.8, 4) is 0 Å². The Kier molecular flexibility index (Phi) is 4.79. The molecule has 0 spiro atoms. The molecule has 1 aromatic carbocycles. The van der Waals surface area contributed by atoms with Gasteiger partial charge in [-0.25, -0.2) is 9.48 Å². The Morgan fingerprint density at radius 3 is 2.18 bits per heavy atom. The number of hydrogen-bond acceptors (Lipinski definition) is 5. The van der Waals surface area contributed by atoms with Crippen LogP contribution in [0, 0.1) is 0 Å². The molecule has 0 radical (unpaired) electrons. The van der Waals surface area contributed by atoms with Crippen LogP contribution < -0.4 is 11.0 Å². The van der Waals surface area contributed by atoms with Crippen molar-refractivity contribution in [2.24, 2.45) is 7.05 Å². The van der Waals surface area contributed by atoms with Gasteiger partial charge in [-0.15, -0.1) is 5.10 Å². The highest BCUT2D eigenvalue weighted by molar-refractivity contribution is 6.22. The van der Waals surface area contributed by atoms with Crippen molar-refractivity contribution in [3.63, 3.8) is 0 Å². The molecule has 0 unspecified atom stereocenters. The normalized spacial score (nSPS) is 13.8. The lowest BCUT2D eigenvalue weighted by atomic mass is 10.1. The summed E-state index contributed by atoms with van der Waals surface area (Å²) in [5, 5.41) is 5.55. The van der Waals surface area contributed by atoms with Crippen LogP contribution in [-0.2, 0) is 24.6 Å². The van der Waals surface area contributed by atoms with Crippen molar-refractivity contribution in [2.45, 2.75) is 12.7 Å². The van der Waals surface area contributed by atoms with Crippen LogP contribution in [0.5, 0.6) is 0 Å². The summed E-state index contributed by atoms with van der Waals surface area (Å²) >= 11 is 0. The fraction of sp³-hybridized carbons (Fsp3) is 0.312. The summed E-state index contributed by atoms with van der Waals surface area (Å²) < 4.78 is 39.1. The van der Waals surface area contributed by atoms with Crippen LogP contribution in [0.15, 0.2) is 29.1 Å². The van der Waals surface area contributed by atoms with Gasteiger partial charge in [0.15, 0.2) is 0 Å². The number of carbonyl (C=O) groups is 3. The number of carbonyl (C=O) groups excluding carboxylic acids is 3. The highest BCUT2D eigenvalue weighted by atomic mass is 19.4. The third-order valence-corrected chi connectivity index (χ3v) is 4.12. The molecule has 2 aromatic rings. The quantitative estimate of drug-likeness (QED) is 0.716. The lowest BCUT2D eigenvalue weighted by Gasteiger charge is -2.13. The molecule has 3 amide bonds. The zero-order chi connectivity index (χ0) is 20.6. The number of amides is 3. The van der Waals surface area contributed by atoms with Gasteiger partial charge in [-0.3, -0.25) is 23.9 Å². The molecule has 0 saturated heterocycles. The number of halogens is 3. The van der Waals surface area contributed by atoms with Crippen LogP contribution >= 0.6 is 0 Å². The van der Waals surface area contributed by atoms with E-state index in [1.165, 1.54) is 12.1 Å². The van der Waals surface area contributed by atoms with Crippen LogP contribution in [0.4, 0.5) is 13.2 Å². The first-order chi connectivity index (χ1) is 13.1. The summed E-state index contributed by atoms with van der Waals surface area (Å²) in [6.07, 6.45) is -4.78. The maximum absolute atomic E-state index is 12.7. The molecule has 0 bridgehead atoms. The van der Waals surface area contributed by atoms with E-state index in [2.05, 4.69) is 10.4 Å². The molecular formula is C16H14F3N5O4. The minimum atomic E-state index is -4.78. The van der Waals surface area contributed by atoms with Gasteiger partial charge in [-0.05, 0) is 12.1 Å². The van der Waals surface area contributed by atoms with Gasteiger partial charge in [-0.1, -0.05) is 12.1 Å². The highest BCUT2D eigenvalue weighted by Crippen LogP contribution is 2.26. The van der Waals surface area contributed by atoms with E-state index in [9.17, 15) is 32.3 Å². The fourth-order valence-corrected chi connectivity index (χ4v) is 2.76. The molecule has 2 heterocycles. The number of aromatic nitrogens is 3. The number of nitrogens with zero attached hydrogens (tertiary/aromatic N) is 4. The lowest BCUT2D eigenvalue weighted by molar-refractivity contribution is -0.147. The van der Waals surface area contributed by atoms with Crippen molar-refractivity contribution in [2.75, 3.05) is 13.1 Å². The second kappa shape index (κ2) is 6.94. The average Bonchev–Trinajstić information content (AvgIpc) is 3.05. The van der Waals surface area contributed by atoms with Crippen LogP contribution in [0.3, 0.4) is 0 Å². The van der Waals surface area contributed by atoms with Gasteiger partial charge in [0.1, 0.15) is 6.54 Å². The van der Waals surface area contributed by atoms with Crippen LogP contribution in [0.2, 0.25) is 0 Å². The first-order valence-corrected chi connectivity index (χ1v) is 8.04. The van der Waals surface area contributed by atoms with E-state index in [1.807, 2.05) is 0 Å². The van der Waals surface area contributed by atoms with E-state index in [-0.39, 0.29) is 24.2 Å². The highest BCUT2D eigenvalue weighted by Gasteiger charge is 2.38. The maximum atomic E-state index is 12.7. The zero-order valence-corrected chi connectivity index (χ0v) is 14.5. The molecule has 9 nitrogen and oxygen atoms in total. The van der Waals surface area contributed by atoms with Gasteiger partial charge in [-0.2, -0.15) is 13.2 Å². The third-order valence-electron chi connectivity index (χ3n) is 4.12. The number of benzene rings is 1. The van der Waals surface area contributed by atoms with Gasteiger partial charge in [0.05, 0.1) is 17.7 Å². The molecule has 0 atom stereocenters. The number of imide groups is 1. The Morgan fingerprint density at radius 2 is 1.68 bits per heavy atom. The minimum absolute atomic E-state index is 0.194. The fourth-order valence-electron chi connectivity index (χ4n) is 2.76. The van der Waals surface area contributed by atoms with Crippen LogP contribution in [0.25, 0.3) is 0 Å². The zero-order valence-electron chi connectivity index (χ0n) is 14.5. The standard InChI is InChI=1S/C16H14F3N5O4/c1-22-14(16(17,18)19)21-24(15(22)28)7-6-20-11(25)8-23-12(26)9-4-2-3-5-10(9)13(23)27/h2-5H,6-8H2,1H3,(H,20,25). The van der Waals surface area contributed by atoms with Crippen molar-refractivity contribution < 1.29 is 27.6 Å². The number of hydrogen-bond donors (Lipinski definition) is 1. The molecule has 28 heavy (non-hydrogen) atoms. The topological polar surface area (TPSA) is 106 Å². The molecule has 1 aliphatic heterocycles. The number of nitrogens with one attached hydrogen (secondary N) is 1. The Morgan fingerprint density at radius 1 is 1.11 bits per heavy atom. The molecule has 0 saturated carbocycles. The number of alkyl halides is 3. The molecule has 3 rings (SSSR count). The van der Waals surface area contributed by atoms with Gasteiger partial charge < -0.3 is 5.32 Å². The van der Waals surface area contributed by atoms with Gasteiger partial charge >= 0.3 is 11.9 Å². The average molecular weight is 397 g/mol. The second-order valence-electron chi connectivity index (χ2n) is 5.98. The Bertz CT molecular complexity index is 989. The van der Waals surface area contributed by atoms with Crippen molar-refractivity contribution in [3.05, 3.63) is 51.7 Å². The van der Waals surface area contributed by atoms with E-state index in [4.69, 9.17) is 0 Å². The molecule has 0 aliphatic carbocycles. The van der Waals surface area contributed by atoms with E-state index < -0.39 is 42.0 Å². The largest absolute Gasteiger partial charge is 0.451 e. The molecule has 1 N–H and O–H groups in total. The van der Waals surface area contributed by atoms with Crippen LogP contribution in [-0.4, -0.2) is 50.1 Å². The summed E-state index contributed by atoms with van der Waals surface area (Å²) in [4.78, 5) is 48.9. The molecule has 1 aliphatic rings. The van der Waals surface area contributed by atoms with Gasteiger partial charge in [0, 0.05) is 13.6 Å². The molecule has 1 aromatic heterocycles. The van der Waals surface area contributed by atoms with E-state index >= 15 is 0 Å². The van der Waals surface area contributed by atoms with Crippen molar-refractivity contribution in [1.29, 1.82) is 0 Å². The van der Waals surface area contributed by atoms with Crippen molar-refractivity contribution in [1.82, 2.24) is 24.6 Å².